The molecule has 1 aromatic heterocycles. The minimum atomic E-state index is -0.431. The molecular formula is C24H26N6O2S. The lowest BCUT2D eigenvalue weighted by atomic mass is 9.95. The van der Waals surface area contributed by atoms with Gasteiger partial charge in [-0.3, -0.25) is 0 Å². The predicted octanol–water partition coefficient (Wildman–Crippen LogP) is 3.36. The van der Waals surface area contributed by atoms with Crippen molar-refractivity contribution in [1.29, 1.82) is 0 Å². The Bertz CT molecular complexity index is 1220. The fourth-order valence-electron chi connectivity index (χ4n) is 3.72. The first kappa shape index (κ1) is 22.5. The van der Waals surface area contributed by atoms with Crippen molar-refractivity contribution >= 4 is 29.0 Å². The maximum atomic E-state index is 12.6. The molecule has 0 saturated heterocycles. The molecule has 0 fully saturated rings. The lowest BCUT2D eigenvalue weighted by molar-refractivity contribution is -0.139. The zero-order chi connectivity index (χ0) is 23.5. The van der Waals surface area contributed by atoms with Gasteiger partial charge in [-0.2, -0.15) is 0 Å². The van der Waals surface area contributed by atoms with Crippen molar-refractivity contribution in [2.24, 2.45) is 0 Å². The van der Waals surface area contributed by atoms with Crippen molar-refractivity contribution in [2.75, 3.05) is 25.6 Å². The minimum absolute atomic E-state index is 0.296. The van der Waals surface area contributed by atoms with Crippen LogP contribution < -0.4 is 15.5 Å². The van der Waals surface area contributed by atoms with Crippen LogP contribution in [0.3, 0.4) is 0 Å². The fraction of sp³-hybridized carbons (Fsp3) is 0.250. The lowest BCUT2D eigenvalue weighted by Crippen LogP contribution is -2.45. The van der Waals surface area contributed by atoms with Crippen LogP contribution >= 0.6 is 12.2 Å². The summed E-state index contributed by atoms with van der Waals surface area (Å²) in [5.41, 5.74) is 5.74. The molecule has 0 spiro atoms. The van der Waals surface area contributed by atoms with Crippen molar-refractivity contribution < 1.29 is 9.53 Å². The standard InChI is InChI=1S/C24H26N6O2S/c1-5-32-23(31)21-15(2)25-24(33)26-22(21)17-7-6-8-19(13-17)30-14-20(27-28-30)16-9-11-18(12-10-16)29(3)4/h6-14,22H,5H2,1-4H3,(H2,25,26,33). The van der Waals surface area contributed by atoms with Gasteiger partial charge >= 0.3 is 5.97 Å². The highest BCUT2D eigenvalue weighted by molar-refractivity contribution is 7.80. The summed E-state index contributed by atoms with van der Waals surface area (Å²) in [4.78, 5) is 14.7. The molecular weight excluding hydrogens is 436 g/mol. The van der Waals surface area contributed by atoms with Crippen LogP contribution in [0.5, 0.6) is 0 Å². The van der Waals surface area contributed by atoms with Gasteiger partial charge in [0.05, 0.1) is 30.1 Å². The second kappa shape index (κ2) is 9.41. The number of carbonyl (C=O) groups excluding carboxylic acids is 1. The maximum Gasteiger partial charge on any atom is 0.338 e. The van der Waals surface area contributed by atoms with Gasteiger partial charge in [-0.15, -0.1) is 5.10 Å². The van der Waals surface area contributed by atoms with E-state index in [1.165, 1.54) is 0 Å². The number of esters is 1. The van der Waals surface area contributed by atoms with Crippen LogP contribution in [0.1, 0.15) is 25.5 Å². The largest absolute Gasteiger partial charge is 0.463 e. The molecule has 1 unspecified atom stereocenters. The zero-order valence-electron chi connectivity index (χ0n) is 19.0. The van der Waals surface area contributed by atoms with E-state index in [1.54, 1.807) is 11.6 Å². The molecule has 0 bridgehead atoms. The van der Waals surface area contributed by atoms with Crippen molar-refractivity contribution in [3.8, 4) is 16.9 Å². The molecule has 1 atom stereocenters. The molecule has 33 heavy (non-hydrogen) atoms. The highest BCUT2D eigenvalue weighted by Crippen LogP contribution is 2.29. The second-order valence-electron chi connectivity index (χ2n) is 7.88. The molecule has 2 N–H and O–H groups in total. The van der Waals surface area contributed by atoms with Gasteiger partial charge in [0.25, 0.3) is 0 Å². The number of thiocarbonyl (C=S) groups is 1. The number of carbonyl (C=O) groups is 1. The van der Waals surface area contributed by atoms with Gasteiger partial charge in [-0.05, 0) is 55.9 Å². The Hall–Kier alpha value is -3.72. The Kier molecular flexibility index (Phi) is 6.41. The first-order valence-electron chi connectivity index (χ1n) is 10.6. The van der Waals surface area contributed by atoms with Gasteiger partial charge in [0, 0.05) is 31.0 Å². The van der Waals surface area contributed by atoms with Gasteiger partial charge in [0.1, 0.15) is 5.69 Å². The van der Waals surface area contributed by atoms with E-state index in [-0.39, 0.29) is 5.97 Å². The summed E-state index contributed by atoms with van der Waals surface area (Å²) >= 11 is 5.33. The third-order valence-corrected chi connectivity index (χ3v) is 5.63. The number of benzene rings is 2. The first-order chi connectivity index (χ1) is 15.9. The number of rotatable bonds is 6. The molecule has 0 amide bonds. The van der Waals surface area contributed by atoms with E-state index in [9.17, 15) is 4.79 Å². The fourth-order valence-corrected chi connectivity index (χ4v) is 3.99. The molecule has 2 heterocycles. The van der Waals surface area contributed by atoms with E-state index < -0.39 is 6.04 Å². The Balaban J connectivity index is 1.65. The molecule has 8 nitrogen and oxygen atoms in total. The van der Waals surface area contributed by atoms with E-state index in [1.807, 2.05) is 80.6 Å². The number of hydrogen-bond acceptors (Lipinski definition) is 6. The van der Waals surface area contributed by atoms with E-state index in [0.717, 1.165) is 28.2 Å². The number of allylic oxidation sites excluding steroid dienone is 1. The molecule has 4 rings (SSSR count). The van der Waals surface area contributed by atoms with Gasteiger partial charge in [0.2, 0.25) is 0 Å². The van der Waals surface area contributed by atoms with Crippen LogP contribution in [-0.2, 0) is 9.53 Å². The first-order valence-corrected chi connectivity index (χ1v) is 11.0. The average molecular weight is 463 g/mol. The number of hydrogen-bond donors (Lipinski definition) is 2. The summed E-state index contributed by atoms with van der Waals surface area (Å²) in [6.07, 6.45) is 1.89. The summed E-state index contributed by atoms with van der Waals surface area (Å²) in [6.45, 7) is 3.90. The quantitative estimate of drug-likeness (QED) is 0.426. The van der Waals surface area contributed by atoms with Crippen LogP contribution in [0.4, 0.5) is 5.69 Å². The Labute approximate surface area is 198 Å². The molecule has 0 saturated carbocycles. The number of ether oxygens (including phenoxy) is 1. The Morgan fingerprint density at radius 2 is 1.97 bits per heavy atom. The Morgan fingerprint density at radius 3 is 2.67 bits per heavy atom. The summed E-state index contributed by atoms with van der Waals surface area (Å²) in [5.74, 6) is -0.378. The van der Waals surface area contributed by atoms with Crippen molar-refractivity contribution in [3.63, 3.8) is 0 Å². The zero-order valence-corrected chi connectivity index (χ0v) is 19.8. The molecule has 3 aromatic rings. The van der Waals surface area contributed by atoms with Crippen LogP contribution in [0.15, 0.2) is 66.0 Å². The van der Waals surface area contributed by atoms with Crippen LogP contribution in [0, 0.1) is 0 Å². The SMILES string of the molecule is CCOC(=O)C1=C(C)NC(=S)NC1c1cccc(-n2cc(-c3ccc(N(C)C)cc3)nn2)c1. The number of nitrogens with zero attached hydrogens (tertiary/aromatic N) is 4. The van der Waals surface area contributed by atoms with Crippen LogP contribution in [0.2, 0.25) is 0 Å². The van der Waals surface area contributed by atoms with Gasteiger partial charge < -0.3 is 20.3 Å². The maximum absolute atomic E-state index is 12.6. The third kappa shape index (κ3) is 4.73. The van der Waals surface area contributed by atoms with Crippen molar-refractivity contribution in [3.05, 3.63) is 71.6 Å². The number of aromatic nitrogens is 3. The molecule has 9 heteroatoms. The third-order valence-electron chi connectivity index (χ3n) is 5.41. The van der Waals surface area contributed by atoms with Crippen molar-refractivity contribution in [1.82, 2.24) is 25.6 Å². The summed E-state index contributed by atoms with van der Waals surface area (Å²) in [6, 6.07) is 15.5. The van der Waals surface area contributed by atoms with Crippen LogP contribution in [0.25, 0.3) is 16.9 Å². The molecule has 1 aliphatic heterocycles. The van der Waals surface area contributed by atoms with E-state index in [4.69, 9.17) is 17.0 Å². The number of nitrogens with one attached hydrogen (secondary N) is 2. The predicted molar refractivity (Wildman–Crippen MR) is 132 cm³/mol. The average Bonchev–Trinajstić information content (AvgIpc) is 3.29. The molecule has 2 aromatic carbocycles. The van der Waals surface area contributed by atoms with E-state index in [2.05, 4.69) is 20.9 Å². The smallest absolute Gasteiger partial charge is 0.338 e. The van der Waals surface area contributed by atoms with E-state index >= 15 is 0 Å². The summed E-state index contributed by atoms with van der Waals surface area (Å²) in [5, 5.41) is 15.3. The molecule has 170 valence electrons. The van der Waals surface area contributed by atoms with Gasteiger partial charge in [-0.1, -0.05) is 29.5 Å². The monoisotopic (exact) mass is 462 g/mol. The highest BCUT2D eigenvalue weighted by atomic mass is 32.1. The topological polar surface area (TPSA) is 84.3 Å². The summed E-state index contributed by atoms with van der Waals surface area (Å²) < 4.78 is 7.00. The summed E-state index contributed by atoms with van der Waals surface area (Å²) in [7, 11) is 4.01. The highest BCUT2D eigenvalue weighted by Gasteiger charge is 2.31. The molecule has 1 aliphatic rings. The molecule has 0 aliphatic carbocycles. The molecule has 0 radical (unpaired) electrons. The van der Waals surface area contributed by atoms with E-state index in [0.29, 0.717) is 23.0 Å². The van der Waals surface area contributed by atoms with Gasteiger partial charge in [-0.25, -0.2) is 9.48 Å². The number of anilines is 1. The van der Waals surface area contributed by atoms with Gasteiger partial charge in [0.15, 0.2) is 5.11 Å². The van der Waals surface area contributed by atoms with Crippen LogP contribution in [-0.4, -0.2) is 46.8 Å². The minimum Gasteiger partial charge on any atom is -0.463 e. The second-order valence-corrected chi connectivity index (χ2v) is 8.28. The normalized spacial score (nSPS) is 15.6. The lowest BCUT2D eigenvalue weighted by Gasteiger charge is -2.30. The van der Waals surface area contributed by atoms with Crippen molar-refractivity contribution in [2.45, 2.75) is 19.9 Å². The Morgan fingerprint density at radius 1 is 1.21 bits per heavy atom.